The van der Waals surface area contributed by atoms with Gasteiger partial charge in [0.05, 0.1) is 0 Å². The summed E-state index contributed by atoms with van der Waals surface area (Å²) in [6, 6.07) is 0.565. The van der Waals surface area contributed by atoms with Crippen LogP contribution in [-0.2, 0) is 9.59 Å². The van der Waals surface area contributed by atoms with E-state index >= 15 is 0 Å². The average Bonchev–Trinajstić information content (AvgIpc) is 3.44. The summed E-state index contributed by atoms with van der Waals surface area (Å²) in [6.45, 7) is 9.61. The van der Waals surface area contributed by atoms with E-state index in [1.807, 2.05) is 0 Å². The minimum absolute atomic E-state index is 0.375. The molecule has 2 fully saturated rings. The summed E-state index contributed by atoms with van der Waals surface area (Å²) < 4.78 is 31.7. The Labute approximate surface area is 165 Å². The van der Waals surface area contributed by atoms with Gasteiger partial charge in [0.15, 0.2) is 0 Å². The number of carboxylic acid groups (broad SMARTS) is 1. The van der Waals surface area contributed by atoms with Crippen LogP contribution in [0.2, 0.25) is 0 Å². The second-order valence-corrected chi connectivity index (χ2v) is 8.04. The Balaban J connectivity index is 0.000000480. The van der Waals surface area contributed by atoms with Gasteiger partial charge in [-0.2, -0.15) is 13.2 Å². The lowest BCUT2D eigenvalue weighted by Gasteiger charge is -2.33. The maximum Gasteiger partial charge on any atom is 0.490 e. The van der Waals surface area contributed by atoms with Crippen molar-refractivity contribution in [2.24, 2.45) is 11.8 Å². The van der Waals surface area contributed by atoms with Gasteiger partial charge in [0, 0.05) is 25.0 Å². The molecule has 2 aliphatic rings. The molecule has 162 valence electrons. The van der Waals surface area contributed by atoms with Crippen LogP contribution in [0, 0.1) is 11.8 Å². The number of hydrogen-bond acceptors (Lipinski definition) is 3. The average molecular weight is 406 g/mol. The summed E-state index contributed by atoms with van der Waals surface area (Å²) in [7, 11) is 0. The van der Waals surface area contributed by atoms with Crippen molar-refractivity contribution in [3.8, 4) is 0 Å². The van der Waals surface area contributed by atoms with Crippen LogP contribution in [0.1, 0.15) is 59.3 Å². The zero-order valence-electron chi connectivity index (χ0n) is 17.0. The molecule has 5 nitrogen and oxygen atoms in total. The van der Waals surface area contributed by atoms with Gasteiger partial charge in [0.1, 0.15) is 0 Å². The number of halogens is 3. The van der Waals surface area contributed by atoms with Gasteiger partial charge in [0.2, 0.25) is 5.91 Å². The van der Waals surface area contributed by atoms with Crippen LogP contribution < -0.4 is 5.32 Å². The molecule has 8 heteroatoms. The first-order chi connectivity index (χ1) is 13.0. The van der Waals surface area contributed by atoms with E-state index in [0.29, 0.717) is 23.8 Å². The quantitative estimate of drug-likeness (QED) is 0.627. The molecule has 1 saturated carbocycles. The van der Waals surface area contributed by atoms with Crippen molar-refractivity contribution in [1.29, 1.82) is 0 Å². The van der Waals surface area contributed by atoms with E-state index < -0.39 is 12.1 Å². The van der Waals surface area contributed by atoms with E-state index in [2.05, 4.69) is 37.1 Å². The predicted octanol–water partition coefficient (Wildman–Crippen LogP) is 3.99. The summed E-state index contributed by atoms with van der Waals surface area (Å²) >= 11 is 0. The molecule has 0 spiro atoms. The van der Waals surface area contributed by atoms with Crippen LogP contribution in [0.15, 0.2) is 11.6 Å². The SMILES string of the molecule is CC(C)=CCCC(C)NCC1CCCN(C(=O)C2CC2)C1.O=C(O)C(F)(F)F. The molecule has 0 aromatic rings. The van der Waals surface area contributed by atoms with Gasteiger partial charge >= 0.3 is 12.1 Å². The number of allylic oxidation sites excluding steroid dienone is 2. The zero-order valence-corrected chi connectivity index (χ0v) is 17.0. The number of carboxylic acids is 1. The van der Waals surface area contributed by atoms with Crippen LogP contribution in [0.25, 0.3) is 0 Å². The van der Waals surface area contributed by atoms with Crippen molar-refractivity contribution in [2.75, 3.05) is 19.6 Å². The third-order valence-electron chi connectivity index (χ3n) is 4.91. The summed E-state index contributed by atoms with van der Waals surface area (Å²) in [5.41, 5.74) is 1.41. The Morgan fingerprint density at radius 3 is 2.36 bits per heavy atom. The summed E-state index contributed by atoms with van der Waals surface area (Å²) in [6.07, 6.45) is 4.28. The van der Waals surface area contributed by atoms with Crippen molar-refractivity contribution in [3.05, 3.63) is 11.6 Å². The number of rotatable bonds is 7. The number of nitrogens with zero attached hydrogens (tertiary/aromatic N) is 1. The van der Waals surface area contributed by atoms with Crippen LogP contribution in [0.5, 0.6) is 0 Å². The molecule has 1 saturated heterocycles. The van der Waals surface area contributed by atoms with E-state index in [0.717, 1.165) is 38.9 Å². The van der Waals surface area contributed by atoms with Gasteiger partial charge in [-0.1, -0.05) is 11.6 Å². The minimum atomic E-state index is -5.08. The molecule has 28 heavy (non-hydrogen) atoms. The summed E-state index contributed by atoms with van der Waals surface area (Å²) in [5, 5.41) is 10.8. The Morgan fingerprint density at radius 1 is 1.25 bits per heavy atom. The standard InChI is InChI=1S/C18H32N2O.C2HF3O2/c1-14(2)6-4-7-15(3)19-12-16-8-5-11-20(13-16)18(21)17-9-10-17;3-2(4,5)1(6)7/h6,15-17,19H,4-5,7-13H2,1-3H3;(H,6,7). The van der Waals surface area contributed by atoms with Crippen molar-refractivity contribution in [1.82, 2.24) is 10.2 Å². The summed E-state index contributed by atoms with van der Waals surface area (Å²) in [5.74, 6) is -1.31. The molecule has 1 heterocycles. The number of carbonyl (C=O) groups is 2. The van der Waals surface area contributed by atoms with E-state index in [1.54, 1.807) is 0 Å². The van der Waals surface area contributed by atoms with Gasteiger partial charge in [-0.05, 0) is 71.8 Å². The monoisotopic (exact) mass is 406 g/mol. The fourth-order valence-corrected chi connectivity index (χ4v) is 3.11. The number of amides is 1. The molecule has 0 aromatic heterocycles. The molecule has 1 amide bonds. The lowest BCUT2D eigenvalue weighted by atomic mass is 9.97. The first-order valence-corrected chi connectivity index (χ1v) is 9.96. The highest BCUT2D eigenvalue weighted by Gasteiger charge is 2.38. The van der Waals surface area contributed by atoms with Crippen LogP contribution in [-0.4, -0.2) is 53.7 Å². The van der Waals surface area contributed by atoms with Crippen molar-refractivity contribution >= 4 is 11.9 Å². The fourth-order valence-electron chi connectivity index (χ4n) is 3.11. The lowest BCUT2D eigenvalue weighted by molar-refractivity contribution is -0.192. The Hall–Kier alpha value is -1.57. The third kappa shape index (κ3) is 10.1. The fraction of sp³-hybridized carbons (Fsp3) is 0.800. The van der Waals surface area contributed by atoms with Gasteiger partial charge in [-0.3, -0.25) is 4.79 Å². The maximum absolute atomic E-state index is 12.1. The Morgan fingerprint density at radius 2 is 1.86 bits per heavy atom. The molecule has 1 aliphatic heterocycles. The molecule has 2 N–H and O–H groups in total. The number of hydrogen-bond donors (Lipinski definition) is 2. The number of alkyl halides is 3. The Bertz CT molecular complexity index is 541. The normalized spacial score (nSPS) is 20.6. The first-order valence-electron chi connectivity index (χ1n) is 9.96. The second kappa shape index (κ2) is 11.4. The molecular weight excluding hydrogens is 373 g/mol. The number of likely N-dealkylation sites (tertiary alicyclic amines) is 1. The maximum atomic E-state index is 12.1. The van der Waals surface area contributed by atoms with Gasteiger partial charge in [0.25, 0.3) is 0 Å². The largest absolute Gasteiger partial charge is 0.490 e. The Kier molecular flexibility index (Phi) is 9.99. The number of carbonyl (C=O) groups excluding carboxylic acids is 1. The number of piperidine rings is 1. The van der Waals surface area contributed by atoms with Crippen LogP contribution in [0.3, 0.4) is 0 Å². The molecule has 0 bridgehead atoms. The van der Waals surface area contributed by atoms with E-state index in [4.69, 9.17) is 9.90 Å². The molecule has 0 aromatic carbocycles. The van der Waals surface area contributed by atoms with Crippen molar-refractivity contribution in [3.63, 3.8) is 0 Å². The van der Waals surface area contributed by atoms with Gasteiger partial charge in [-0.25, -0.2) is 4.79 Å². The predicted molar refractivity (Wildman–Crippen MR) is 102 cm³/mol. The minimum Gasteiger partial charge on any atom is -0.475 e. The third-order valence-corrected chi connectivity index (χ3v) is 4.91. The second-order valence-electron chi connectivity index (χ2n) is 8.04. The molecule has 1 aliphatic carbocycles. The number of nitrogens with one attached hydrogen (secondary N) is 1. The smallest absolute Gasteiger partial charge is 0.475 e. The first kappa shape index (κ1) is 24.5. The van der Waals surface area contributed by atoms with Crippen LogP contribution in [0.4, 0.5) is 13.2 Å². The van der Waals surface area contributed by atoms with E-state index in [1.165, 1.54) is 24.8 Å². The van der Waals surface area contributed by atoms with Gasteiger partial charge in [-0.15, -0.1) is 0 Å². The molecular formula is C20H33F3N2O3. The molecule has 2 rings (SSSR count). The summed E-state index contributed by atoms with van der Waals surface area (Å²) in [4.78, 5) is 23.2. The molecule has 2 atom stereocenters. The zero-order chi connectivity index (χ0) is 21.3. The highest BCUT2D eigenvalue weighted by atomic mass is 19.4. The highest BCUT2D eigenvalue weighted by molar-refractivity contribution is 5.81. The lowest BCUT2D eigenvalue weighted by Crippen LogP contribution is -2.44. The topological polar surface area (TPSA) is 69.6 Å². The molecule has 2 unspecified atom stereocenters. The highest BCUT2D eigenvalue weighted by Crippen LogP contribution is 2.32. The van der Waals surface area contributed by atoms with E-state index in [-0.39, 0.29) is 0 Å². The number of aliphatic carboxylic acids is 1. The van der Waals surface area contributed by atoms with Crippen LogP contribution >= 0.6 is 0 Å². The van der Waals surface area contributed by atoms with Crippen molar-refractivity contribution in [2.45, 2.75) is 71.5 Å². The van der Waals surface area contributed by atoms with E-state index in [9.17, 15) is 18.0 Å². The van der Waals surface area contributed by atoms with Gasteiger partial charge < -0.3 is 15.3 Å². The van der Waals surface area contributed by atoms with Crippen molar-refractivity contribution < 1.29 is 27.9 Å². The molecule has 0 radical (unpaired) electrons.